The lowest BCUT2D eigenvalue weighted by Gasteiger charge is -2.15. The number of hydrogen-bond donors (Lipinski definition) is 2. The highest BCUT2D eigenvalue weighted by Gasteiger charge is 2.15. The highest BCUT2D eigenvalue weighted by atomic mass is 79.9. The van der Waals surface area contributed by atoms with E-state index in [0.29, 0.717) is 11.3 Å². The summed E-state index contributed by atoms with van der Waals surface area (Å²) in [6, 6.07) is 5.60. The van der Waals surface area contributed by atoms with Gasteiger partial charge in [-0.1, -0.05) is 28.1 Å². The van der Waals surface area contributed by atoms with Gasteiger partial charge in [-0.15, -0.1) is 0 Å². The zero-order chi connectivity index (χ0) is 13.3. The molecule has 1 heterocycles. The van der Waals surface area contributed by atoms with Crippen molar-refractivity contribution in [1.29, 1.82) is 0 Å². The van der Waals surface area contributed by atoms with Crippen LogP contribution in [-0.4, -0.2) is 10.1 Å². The molecule has 0 aliphatic rings. The van der Waals surface area contributed by atoms with Crippen molar-refractivity contribution in [3.8, 4) is 0 Å². The Morgan fingerprint density at radius 1 is 1.28 bits per heavy atom. The van der Waals surface area contributed by atoms with Gasteiger partial charge in [0.05, 0.1) is 0 Å². The zero-order valence-corrected chi connectivity index (χ0v) is 11.9. The fraction of sp³-hybridized carbons (Fsp3) is 0.214. The van der Waals surface area contributed by atoms with Crippen LogP contribution in [0, 0.1) is 13.8 Å². The SMILES string of the molecule is Cc1cc(C(O)c2cnccc2N)cc(C)c1Br. The number of nitrogen functional groups attached to an aromatic ring is 1. The summed E-state index contributed by atoms with van der Waals surface area (Å²) in [5.74, 6) is 0. The van der Waals surface area contributed by atoms with E-state index in [4.69, 9.17) is 5.73 Å². The molecule has 18 heavy (non-hydrogen) atoms. The molecule has 1 aromatic carbocycles. The second-order valence-electron chi connectivity index (χ2n) is 4.38. The summed E-state index contributed by atoms with van der Waals surface area (Å²) in [7, 11) is 0. The van der Waals surface area contributed by atoms with Gasteiger partial charge in [0, 0.05) is 28.1 Å². The Labute approximate surface area is 115 Å². The Morgan fingerprint density at radius 3 is 2.44 bits per heavy atom. The van der Waals surface area contributed by atoms with Crippen molar-refractivity contribution in [3.05, 3.63) is 57.3 Å². The summed E-state index contributed by atoms with van der Waals surface area (Å²) in [4.78, 5) is 4.01. The van der Waals surface area contributed by atoms with E-state index in [1.54, 1.807) is 18.5 Å². The largest absolute Gasteiger partial charge is 0.398 e. The number of pyridine rings is 1. The fourth-order valence-corrected chi connectivity index (χ4v) is 2.19. The molecule has 94 valence electrons. The van der Waals surface area contributed by atoms with Crippen molar-refractivity contribution < 1.29 is 5.11 Å². The third-order valence-electron chi connectivity index (χ3n) is 2.96. The number of rotatable bonds is 2. The van der Waals surface area contributed by atoms with E-state index in [1.807, 2.05) is 26.0 Å². The fourth-order valence-electron chi connectivity index (χ4n) is 1.96. The summed E-state index contributed by atoms with van der Waals surface area (Å²) in [6.07, 6.45) is 2.47. The van der Waals surface area contributed by atoms with Crippen molar-refractivity contribution in [2.24, 2.45) is 0 Å². The highest BCUT2D eigenvalue weighted by Crippen LogP contribution is 2.30. The summed E-state index contributed by atoms with van der Waals surface area (Å²) in [5.41, 5.74) is 10.1. The molecular formula is C14H15BrN2O. The maximum atomic E-state index is 10.4. The standard InChI is InChI=1S/C14H15BrN2O/c1-8-5-10(6-9(2)13(8)15)14(18)11-7-17-4-3-12(11)16/h3-7,14,18H,1-2H3,(H2,16,17). The minimum absolute atomic E-state index is 0.552. The van der Waals surface area contributed by atoms with Gasteiger partial charge in [0.15, 0.2) is 0 Å². The van der Waals surface area contributed by atoms with Gasteiger partial charge in [0.2, 0.25) is 0 Å². The molecule has 1 aromatic heterocycles. The average Bonchev–Trinajstić information content (AvgIpc) is 2.35. The van der Waals surface area contributed by atoms with Gasteiger partial charge < -0.3 is 10.8 Å². The molecule has 3 N–H and O–H groups in total. The maximum absolute atomic E-state index is 10.4. The predicted molar refractivity (Wildman–Crippen MR) is 76.3 cm³/mol. The van der Waals surface area contributed by atoms with Gasteiger partial charge in [-0.3, -0.25) is 4.98 Å². The molecule has 0 aliphatic carbocycles. The van der Waals surface area contributed by atoms with E-state index >= 15 is 0 Å². The third-order valence-corrected chi connectivity index (χ3v) is 4.21. The lowest BCUT2D eigenvalue weighted by atomic mass is 9.98. The van der Waals surface area contributed by atoms with E-state index in [1.165, 1.54) is 0 Å². The summed E-state index contributed by atoms with van der Waals surface area (Å²) in [6.45, 7) is 4.00. The smallest absolute Gasteiger partial charge is 0.108 e. The highest BCUT2D eigenvalue weighted by molar-refractivity contribution is 9.10. The molecule has 0 bridgehead atoms. The van der Waals surface area contributed by atoms with E-state index in [9.17, 15) is 5.11 Å². The Balaban J connectivity index is 2.47. The summed E-state index contributed by atoms with van der Waals surface area (Å²) < 4.78 is 1.07. The van der Waals surface area contributed by atoms with Crippen molar-refractivity contribution in [2.75, 3.05) is 5.73 Å². The van der Waals surface area contributed by atoms with E-state index in [0.717, 1.165) is 21.2 Å². The first-order chi connectivity index (χ1) is 8.50. The zero-order valence-electron chi connectivity index (χ0n) is 10.3. The van der Waals surface area contributed by atoms with E-state index in [-0.39, 0.29) is 0 Å². The number of aromatic nitrogens is 1. The van der Waals surface area contributed by atoms with Crippen LogP contribution in [0.15, 0.2) is 35.1 Å². The Kier molecular flexibility index (Phi) is 3.68. The lowest BCUT2D eigenvalue weighted by molar-refractivity contribution is 0.220. The van der Waals surface area contributed by atoms with Gasteiger partial charge in [-0.05, 0) is 36.6 Å². The first-order valence-corrected chi connectivity index (χ1v) is 6.44. The Bertz CT molecular complexity index is 561. The van der Waals surface area contributed by atoms with Crippen LogP contribution < -0.4 is 5.73 Å². The summed E-state index contributed by atoms with van der Waals surface area (Å²) >= 11 is 3.51. The van der Waals surface area contributed by atoms with Crippen LogP contribution in [-0.2, 0) is 0 Å². The van der Waals surface area contributed by atoms with Gasteiger partial charge in [-0.25, -0.2) is 0 Å². The molecule has 1 unspecified atom stereocenters. The van der Waals surface area contributed by atoms with Crippen LogP contribution in [0.3, 0.4) is 0 Å². The number of hydrogen-bond acceptors (Lipinski definition) is 3. The first-order valence-electron chi connectivity index (χ1n) is 5.64. The number of anilines is 1. The number of benzene rings is 1. The van der Waals surface area contributed by atoms with E-state index < -0.39 is 6.10 Å². The molecule has 0 fully saturated rings. The minimum atomic E-state index is -0.746. The average molecular weight is 307 g/mol. The topological polar surface area (TPSA) is 59.1 Å². The van der Waals surface area contributed by atoms with Crippen molar-refractivity contribution >= 4 is 21.6 Å². The predicted octanol–water partition coefficient (Wildman–Crippen LogP) is 3.12. The number of aliphatic hydroxyl groups excluding tert-OH is 1. The second-order valence-corrected chi connectivity index (χ2v) is 5.17. The van der Waals surface area contributed by atoms with Gasteiger partial charge in [0.1, 0.15) is 6.10 Å². The molecule has 0 aliphatic heterocycles. The molecule has 0 saturated carbocycles. The minimum Gasteiger partial charge on any atom is -0.398 e. The first kappa shape index (κ1) is 13.1. The van der Waals surface area contributed by atoms with Gasteiger partial charge >= 0.3 is 0 Å². The monoisotopic (exact) mass is 306 g/mol. The molecule has 2 aromatic rings. The van der Waals surface area contributed by atoms with Crippen LogP contribution in [0.25, 0.3) is 0 Å². The number of halogens is 1. The number of nitrogens with zero attached hydrogens (tertiary/aromatic N) is 1. The second kappa shape index (κ2) is 5.08. The van der Waals surface area contributed by atoms with Crippen molar-refractivity contribution in [3.63, 3.8) is 0 Å². The molecule has 0 saturated heterocycles. The molecule has 0 spiro atoms. The van der Waals surface area contributed by atoms with Gasteiger partial charge in [0.25, 0.3) is 0 Å². The molecule has 3 nitrogen and oxygen atoms in total. The molecule has 1 atom stereocenters. The van der Waals surface area contributed by atoms with Crippen LogP contribution >= 0.6 is 15.9 Å². The number of nitrogens with two attached hydrogens (primary N) is 1. The number of aliphatic hydroxyl groups is 1. The van der Waals surface area contributed by atoms with Crippen LogP contribution in [0.1, 0.15) is 28.4 Å². The van der Waals surface area contributed by atoms with E-state index in [2.05, 4.69) is 20.9 Å². The van der Waals surface area contributed by atoms with Crippen LogP contribution in [0.4, 0.5) is 5.69 Å². The molecule has 2 rings (SSSR count). The maximum Gasteiger partial charge on any atom is 0.108 e. The molecular weight excluding hydrogens is 292 g/mol. The quantitative estimate of drug-likeness (QED) is 0.896. The normalized spacial score (nSPS) is 12.4. The van der Waals surface area contributed by atoms with Crippen molar-refractivity contribution in [1.82, 2.24) is 4.98 Å². The molecule has 4 heteroatoms. The summed E-state index contributed by atoms with van der Waals surface area (Å²) in [5, 5.41) is 10.4. The van der Waals surface area contributed by atoms with Crippen LogP contribution in [0.5, 0.6) is 0 Å². The van der Waals surface area contributed by atoms with Gasteiger partial charge in [-0.2, -0.15) is 0 Å². The van der Waals surface area contributed by atoms with Crippen LogP contribution in [0.2, 0.25) is 0 Å². The third kappa shape index (κ3) is 2.40. The van der Waals surface area contributed by atoms with Crippen molar-refractivity contribution in [2.45, 2.75) is 20.0 Å². The lowest BCUT2D eigenvalue weighted by Crippen LogP contribution is -2.05. The molecule has 0 amide bonds. The Hall–Kier alpha value is -1.39. The Morgan fingerprint density at radius 2 is 1.89 bits per heavy atom. The number of aryl methyl sites for hydroxylation is 2. The molecule has 0 radical (unpaired) electrons.